The summed E-state index contributed by atoms with van der Waals surface area (Å²) < 4.78 is 5.32. The lowest BCUT2D eigenvalue weighted by atomic mass is 10.2. The third kappa shape index (κ3) is 4.44. The quantitative estimate of drug-likeness (QED) is 0.809. The number of hydrogen-bond acceptors (Lipinski definition) is 3. The minimum atomic E-state index is -0.221. The Labute approximate surface area is 111 Å². The van der Waals surface area contributed by atoms with Crippen LogP contribution in [-0.2, 0) is 16.1 Å². The molecule has 2 rings (SSSR count). The van der Waals surface area contributed by atoms with Gasteiger partial charge in [0.2, 0.25) is 5.91 Å². The van der Waals surface area contributed by atoms with Crippen molar-refractivity contribution >= 4 is 11.6 Å². The molecule has 0 aliphatic heterocycles. The maximum Gasteiger partial charge on any atom is 0.250 e. The number of amides is 1. The minimum absolute atomic E-state index is 0.00420. The van der Waals surface area contributed by atoms with Gasteiger partial charge < -0.3 is 15.2 Å². The first-order valence-corrected chi connectivity index (χ1v) is 5.94. The van der Waals surface area contributed by atoms with Gasteiger partial charge in [0, 0.05) is 5.69 Å². The maximum absolute atomic E-state index is 11.6. The molecule has 98 valence electrons. The van der Waals surface area contributed by atoms with Crippen molar-refractivity contribution in [1.29, 1.82) is 0 Å². The Morgan fingerprint density at radius 3 is 2.42 bits per heavy atom. The average Bonchev–Trinajstić information content (AvgIpc) is 2.43. The number of anilines is 1. The van der Waals surface area contributed by atoms with E-state index in [4.69, 9.17) is 9.84 Å². The maximum atomic E-state index is 11.6. The summed E-state index contributed by atoms with van der Waals surface area (Å²) in [6.07, 6.45) is 0. The lowest BCUT2D eigenvalue weighted by Gasteiger charge is -2.06. The fourth-order valence-electron chi connectivity index (χ4n) is 1.58. The lowest BCUT2D eigenvalue weighted by Crippen LogP contribution is -2.18. The first kappa shape index (κ1) is 13.1. The summed E-state index contributed by atoms with van der Waals surface area (Å²) in [5.41, 5.74) is 1.66. The molecule has 2 N–H and O–H groups in total. The van der Waals surface area contributed by atoms with E-state index in [-0.39, 0.29) is 18.3 Å². The third-order valence-corrected chi connectivity index (χ3v) is 2.50. The predicted molar refractivity (Wildman–Crippen MR) is 72.8 cm³/mol. The van der Waals surface area contributed by atoms with E-state index in [2.05, 4.69) is 5.32 Å². The van der Waals surface area contributed by atoms with Crippen LogP contribution in [0.4, 0.5) is 5.69 Å². The summed E-state index contributed by atoms with van der Waals surface area (Å²) in [7, 11) is 0. The van der Waals surface area contributed by atoms with E-state index in [1.54, 1.807) is 12.1 Å². The van der Waals surface area contributed by atoms with E-state index < -0.39 is 0 Å². The highest BCUT2D eigenvalue weighted by molar-refractivity contribution is 5.91. The number of ether oxygens (including phenoxy) is 1. The molecular weight excluding hydrogens is 242 g/mol. The summed E-state index contributed by atoms with van der Waals surface area (Å²) >= 11 is 0. The molecule has 1 amide bonds. The summed E-state index contributed by atoms with van der Waals surface area (Å²) in [5, 5.41) is 11.8. The molecule has 4 nitrogen and oxygen atoms in total. The third-order valence-electron chi connectivity index (χ3n) is 2.50. The van der Waals surface area contributed by atoms with E-state index in [0.717, 1.165) is 5.56 Å². The van der Waals surface area contributed by atoms with Crippen molar-refractivity contribution in [3.05, 3.63) is 60.2 Å². The van der Waals surface area contributed by atoms with Gasteiger partial charge in [-0.1, -0.05) is 30.3 Å². The number of nitrogens with one attached hydrogen (secondary N) is 1. The molecule has 0 spiro atoms. The van der Waals surface area contributed by atoms with Crippen molar-refractivity contribution in [3.8, 4) is 5.75 Å². The molecule has 0 aliphatic carbocycles. The van der Waals surface area contributed by atoms with Crippen molar-refractivity contribution in [2.45, 2.75) is 6.61 Å². The van der Waals surface area contributed by atoms with Crippen LogP contribution in [0.2, 0.25) is 0 Å². The van der Waals surface area contributed by atoms with Gasteiger partial charge in [0.25, 0.3) is 0 Å². The van der Waals surface area contributed by atoms with Gasteiger partial charge in [0.05, 0.1) is 6.61 Å². The second kappa shape index (κ2) is 6.56. The van der Waals surface area contributed by atoms with Crippen LogP contribution in [-0.4, -0.2) is 17.6 Å². The molecule has 0 unspecified atom stereocenters. The minimum Gasteiger partial charge on any atom is -0.508 e. The number of benzene rings is 2. The molecule has 0 aliphatic rings. The average molecular weight is 257 g/mol. The zero-order valence-electron chi connectivity index (χ0n) is 10.4. The molecule has 0 radical (unpaired) electrons. The van der Waals surface area contributed by atoms with Gasteiger partial charge in [-0.05, 0) is 29.8 Å². The van der Waals surface area contributed by atoms with Crippen molar-refractivity contribution in [2.75, 3.05) is 11.9 Å². The van der Waals surface area contributed by atoms with Crippen molar-refractivity contribution in [1.82, 2.24) is 0 Å². The highest BCUT2D eigenvalue weighted by Crippen LogP contribution is 2.13. The van der Waals surface area contributed by atoms with Crippen LogP contribution in [0.1, 0.15) is 5.56 Å². The summed E-state index contributed by atoms with van der Waals surface area (Å²) in [6, 6.07) is 16.0. The Bertz CT molecular complexity index is 523. The van der Waals surface area contributed by atoms with E-state index >= 15 is 0 Å². The number of rotatable bonds is 5. The molecule has 0 saturated heterocycles. The molecule has 19 heavy (non-hydrogen) atoms. The number of hydrogen-bond donors (Lipinski definition) is 2. The van der Waals surface area contributed by atoms with Gasteiger partial charge in [0.1, 0.15) is 12.4 Å². The van der Waals surface area contributed by atoms with E-state index in [9.17, 15) is 4.79 Å². The van der Waals surface area contributed by atoms with Gasteiger partial charge in [0.15, 0.2) is 0 Å². The van der Waals surface area contributed by atoms with Crippen molar-refractivity contribution in [2.24, 2.45) is 0 Å². The molecular formula is C15H15NO3. The molecule has 0 bridgehead atoms. The fraction of sp³-hybridized carbons (Fsp3) is 0.133. The molecule has 2 aromatic carbocycles. The van der Waals surface area contributed by atoms with Gasteiger partial charge in [-0.15, -0.1) is 0 Å². The summed E-state index contributed by atoms with van der Waals surface area (Å²) in [6.45, 7) is 0.402. The Morgan fingerprint density at radius 2 is 1.74 bits per heavy atom. The Balaban J connectivity index is 1.74. The highest BCUT2D eigenvalue weighted by Gasteiger charge is 2.02. The fourth-order valence-corrected chi connectivity index (χ4v) is 1.58. The predicted octanol–water partition coefficient (Wildman–Crippen LogP) is 2.55. The van der Waals surface area contributed by atoms with Crippen molar-refractivity contribution < 1.29 is 14.6 Å². The van der Waals surface area contributed by atoms with Gasteiger partial charge in [-0.2, -0.15) is 0 Å². The van der Waals surface area contributed by atoms with Gasteiger partial charge in [-0.3, -0.25) is 4.79 Å². The SMILES string of the molecule is O=C(COCc1ccccc1)Nc1ccc(O)cc1. The first-order valence-electron chi connectivity index (χ1n) is 5.94. The number of carbonyl (C=O) groups is 1. The van der Waals surface area contributed by atoms with Gasteiger partial charge in [-0.25, -0.2) is 0 Å². The number of phenolic OH excluding ortho intramolecular Hbond substituents is 1. The highest BCUT2D eigenvalue weighted by atomic mass is 16.5. The van der Waals surface area contributed by atoms with Crippen molar-refractivity contribution in [3.63, 3.8) is 0 Å². The molecule has 0 fully saturated rings. The summed E-state index contributed by atoms with van der Waals surface area (Å²) in [4.78, 5) is 11.6. The molecule has 0 atom stereocenters. The van der Waals surface area contributed by atoms with E-state index in [0.29, 0.717) is 12.3 Å². The van der Waals surface area contributed by atoms with E-state index in [1.807, 2.05) is 30.3 Å². The van der Waals surface area contributed by atoms with Crippen LogP contribution >= 0.6 is 0 Å². The lowest BCUT2D eigenvalue weighted by molar-refractivity contribution is -0.121. The van der Waals surface area contributed by atoms with Gasteiger partial charge >= 0.3 is 0 Å². The number of aromatic hydroxyl groups is 1. The van der Waals surface area contributed by atoms with Crippen LogP contribution < -0.4 is 5.32 Å². The van der Waals surface area contributed by atoms with E-state index in [1.165, 1.54) is 12.1 Å². The first-order chi connectivity index (χ1) is 9.24. The normalized spacial score (nSPS) is 10.1. The number of carbonyl (C=O) groups excluding carboxylic acids is 1. The Kier molecular flexibility index (Phi) is 4.53. The zero-order valence-corrected chi connectivity index (χ0v) is 10.4. The van der Waals surface area contributed by atoms with Crippen LogP contribution in [0.3, 0.4) is 0 Å². The molecule has 0 aromatic heterocycles. The Hall–Kier alpha value is -2.33. The van der Waals surface area contributed by atoms with Crippen LogP contribution in [0.25, 0.3) is 0 Å². The molecule has 4 heteroatoms. The Morgan fingerprint density at radius 1 is 1.05 bits per heavy atom. The monoisotopic (exact) mass is 257 g/mol. The smallest absolute Gasteiger partial charge is 0.250 e. The summed E-state index contributed by atoms with van der Waals surface area (Å²) in [5.74, 6) is -0.0556. The second-order valence-electron chi connectivity index (χ2n) is 4.07. The number of phenols is 1. The van der Waals surface area contributed by atoms with Crippen LogP contribution in [0.15, 0.2) is 54.6 Å². The van der Waals surface area contributed by atoms with Crippen LogP contribution in [0.5, 0.6) is 5.75 Å². The van der Waals surface area contributed by atoms with Crippen LogP contribution in [0, 0.1) is 0 Å². The second-order valence-corrected chi connectivity index (χ2v) is 4.07. The standard InChI is InChI=1S/C15H15NO3/c17-14-8-6-13(7-9-14)16-15(18)11-19-10-12-4-2-1-3-5-12/h1-9,17H,10-11H2,(H,16,18). The largest absolute Gasteiger partial charge is 0.508 e. The molecule has 0 heterocycles. The topological polar surface area (TPSA) is 58.6 Å². The zero-order chi connectivity index (χ0) is 13.5. The molecule has 0 saturated carbocycles. The molecule has 2 aromatic rings.